The van der Waals surface area contributed by atoms with Gasteiger partial charge in [-0.15, -0.1) is 11.3 Å². The minimum Gasteiger partial charge on any atom is -0.301 e. The molecule has 5 heteroatoms. The molecule has 0 saturated heterocycles. The van der Waals surface area contributed by atoms with Crippen LogP contribution in [0, 0.1) is 11.6 Å². The molecule has 0 aliphatic heterocycles. The van der Waals surface area contributed by atoms with Gasteiger partial charge in [0.2, 0.25) is 0 Å². The van der Waals surface area contributed by atoms with Crippen LogP contribution in [0.4, 0.5) is 8.78 Å². The Kier molecular flexibility index (Phi) is 3.27. The predicted molar refractivity (Wildman–Crippen MR) is 78.5 cm³/mol. The van der Waals surface area contributed by atoms with Crippen LogP contribution in [-0.4, -0.2) is 11.0 Å². The van der Waals surface area contributed by atoms with Crippen molar-refractivity contribution >= 4 is 11.3 Å². The third kappa shape index (κ3) is 2.60. The summed E-state index contributed by atoms with van der Waals surface area (Å²) < 4.78 is 27.3. The molecular weight excluding hydrogens is 290 g/mol. The fourth-order valence-corrected chi connectivity index (χ4v) is 4.08. The Balaban J connectivity index is 1.72. The van der Waals surface area contributed by atoms with Crippen LogP contribution >= 0.6 is 11.3 Å². The number of aromatic nitrogens is 1. The van der Waals surface area contributed by atoms with Gasteiger partial charge >= 0.3 is 0 Å². The van der Waals surface area contributed by atoms with Gasteiger partial charge in [-0.25, -0.2) is 13.8 Å². The average molecular weight is 306 g/mol. The van der Waals surface area contributed by atoms with Gasteiger partial charge in [-0.3, -0.25) is 0 Å². The molecule has 110 valence electrons. The first-order valence-corrected chi connectivity index (χ1v) is 8.22. The van der Waals surface area contributed by atoms with Crippen LogP contribution in [0.25, 0.3) is 0 Å². The first-order chi connectivity index (χ1) is 10.2. The van der Waals surface area contributed by atoms with Gasteiger partial charge in [-0.1, -0.05) is 6.07 Å². The molecule has 1 aromatic carbocycles. The van der Waals surface area contributed by atoms with Crippen molar-refractivity contribution in [3.63, 3.8) is 0 Å². The van der Waals surface area contributed by atoms with E-state index in [1.54, 1.807) is 11.3 Å². The lowest BCUT2D eigenvalue weighted by molar-refractivity contribution is 0.530. The van der Waals surface area contributed by atoms with Crippen molar-refractivity contribution in [2.75, 3.05) is 0 Å². The zero-order chi connectivity index (χ0) is 14.4. The lowest BCUT2D eigenvalue weighted by atomic mass is 10.1. The zero-order valence-electron chi connectivity index (χ0n) is 11.5. The van der Waals surface area contributed by atoms with Gasteiger partial charge in [0.25, 0.3) is 0 Å². The minimum atomic E-state index is -0.539. The number of aryl methyl sites for hydroxylation is 2. The lowest BCUT2D eigenvalue weighted by Crippen LogP contribution is -2.25. The van der Waals surface area contributed by atoms with E-state index in [-0.39, 0.29) is 6.04 Å². The van der Waals surface area contributed by atoms with Crippen molar-refractivity contribution in [3.8, 4) is 0 Å². The van der Waals surface area contributed by atoms with Crippen molar-refractivity contribution in [2.24, 2.45) is 0 Å². The summed E-state index contributed by atoms with van der Waals surface area (Å²) in [6.45, 7) is 0. The fraction of sp³-hybridized carbons (Fsp3) is 0.438. The normalized spacial score (nSPS) is 18.8. The second kappa shape index (κ2) is 5.14. The van der Waals surface area contributed by atoms with Crippen LogP contribution in [0.3, 0.4) is 0 Å². The molecule has 4 rings (SSSR count). The van der Waals surface area contributed by atoms with Gasteiger partial charge in [0.15, 0.2) is 0 Å². The van der Waals surface area contributed by atoms with E-state index in [0.717, 1.165) is 36.8 Å². The molecular formula is C16H16F2N2S. The van der Waals surface area contributed by atoms with Gasteiger partial charge in [-0.2, -0.15) is 0 Å². The van der Waals surface area contributed by atoms with E-state index >= 15 is 0 Å². The smallest absolute Gasteiger partial charge is 0.131 e. The fourth-order valence-electron chi connectivity index (χ4n) is 2.85. The second-order valence-electron chi connectivity index (χ2n) is 5.82. The summed E-state index contributed by atoms with van der Waals surface area (Å²) in [5.74, 6) is -1.04. The molecule has 0 spiro atoms. The van der Waals surface area contributed by atoms with E-state index in [9.17, 15) is 8.78 Å². The Hall–Kier alpha value is -1.33. The second-order valence-corrected chi connectivity index (χ2v) is 6.93. The van der Waals surface area contributed by atoms with Crippen LogP contribution in [0.2, 0.25) is 0 Å². The van der Waals surface area contributed by atoms with Gasteiger partial charge in [0.05, 0.1) is 11.7 Å². The van der Waals surface area contributed by atoms with Crippen molar-refractivity contribution in [1.82, 2.24) is 10.3 Å². The number of halogens is 2. The quantitative estimate of drug-likeness (QED) is 0.930. The third-order valence-corrected chi connectivity index (χ3v) is 5.33. The van der Waals surface area contributed by atoms with E-state index in [1.807, 2.05) is 0 Å². The highest BCUT2D eigenvalue weighted by atomic mass is 32.1. The standard InChI is InChI=1S/C16H16F2N2S/c17-9-4-7-11(12(18)8-9)15(19-10-5-6-10)16-20-13-2-1-3-14(13)21-16/h4,7-8,10,15,19H,1-3,5-6H2. The molecule has 1 unspecified atom stereocenters. The summed E-state index contributed by atoms with van der Waals surface area (Å²) in [4.78, 5) is 6.04. The summed E-state index contributed by atoms with van der Waals surface area (Å²) in [5, 5.41) is 4.37. The molecule has 0 amide bonds. The third-order valence-electron chi connectivity index (χ3n) is 4.11. The van der Waals surface area contributed by atoms with Gasteiger partial charge < -0.3 is 5.32 Å². The molecule has 1 N–H and O–H groups in total. The van der Waals surface area contributed by atoms with Crippen LogP contribution in [0.1, 0.15) is 46.4 Å². The number of hydrogen-bond donors (Lipinski definition) is 1. The Morgan fingerprint density at radius 3 is 2.81 bits per heavy atom. The van der Waals surface area contributed by atoms with Crippen molar-refractivity contribution < 1.29 is 8.78 Å². The molecule has 1 fully saturated rings. The molecule has 21 heavy (non-hydrogen) atoms. The molecule has 2 aliphatic carbocycles. The van der Waals surface area contributed by atoms with E-state index in [2.05, 4.69) is 5.32 Å². The molecule has 1 atom stereocenters. The first kappa shape index (κ1) is 13.3. The zero-order valence-corrected chi connectivity index (χ0v) is 12.4. The van der Waals surface area contributed by atoms with E-state index < -0.39 is 11.6 Å². The Morgan fingerprint density at radius 1 is 1.24 bits per heavy atom. The number of rotatable bonds is 4. The molecule has 2 aromatic rings. The molecule has 0 bridgehead atoms. The van der Waals surface area contributed by atoms with Crippen molar-refractivity contribution in [3.05, 3.63) is 51.0 Å². The summed E-state index contributed by atoms with van der Waals surface area (Å²) in [6, 6.07) is 3.99. The molecule has 1 aromatic heterocycles. The van der Waals surface area contributed by atoms with Crippen LogP contribution in [-0.2, 0) is 12.8 Å². The lowest BCUT2D eigenvalue weighted by Gasteiger charge is -2.17. The summed E-state index contributed by atoms with van der Waals surface area (Å²) in [6.07, 6.45) is 5.50. The number of fused-ring (bicyclic) bond motifs is 1. The number of thiazole rings is 1. The number of hydrogen-bond acceptors (Lipinski definition) is 3. The van der Waals surface area contributed by atoms with Gasteiger partial charge in [-0.05, 0) is 38.2 Å². The predicted octanol–water partition coefficient (Wildman–Crippen LogP) is 3.75. The summed E-state index contributed by atoms with van der Waals surface area (Å²) >= 11 is 1.67. The highest BCUT2D eigenvalue weighted by molar-refractivity contribution is 7.11. The Labute approximate surface area is 126 Å². The van der Waals surface area contributed by atoms with Gasteiger partial charge in [0, 0.05) is 22.5 Å². The maximum atomic E-state index is 14.2. The molecule has 2 aliphatic rings. The molecule has 2 nitrogen and oxygen atoms in total. The maximum absolute atomic E-state index is 14.2. The molecule has 1 heterocycles. The minimum absolute atomic E-state index is 0.256. The highest BCUT2D eigenvalue weighted by Crippen LogP contribution is 2.36. The van der Waals surface area contributed by atoms with E-state index in [4.69, 9.17) is 4.98 Å². The van der Waals surface area contributed by atoms with E-state index in [1.165, 1.54) is 29.1 Å². The largest absolute Gasteiger partial charge is 0.301 e. The number of benzene rings is 1. The highest BCUT2D eigenvalue weighted by Gasteiger charge is 2.31. The summed E-state index contributed by atoms with van der Waals surface area (Å²) in [5.41, 5.74) is 1.66. The van der Waals surface area contributed by atoms with E-state index in [0.29, 0.717) is 11.6 Å². The number of nitrogens with zero attached hydrogens (tertiary/aromatic N) is 1. The molecule has 0 radical (unpaired) electrons. The monoisotopic (exact) mass is 306 g/mol. The topological polar surface area (TPSA) is 24.9 Å². The SMILES string of the molecule is Fc1ccc(C(NC2CC2)c2nc3c(s2)CCC3)c(F)c1. The van der Waals surface area contributed by atoms with Crippen molar-refractivity contribution in [1.29, 1.82) is 0 Å². The van der Waals surface area contributed by atoms with Crippen molar-refractivity contribution in [2.45, 2.75) is 44.2 Å². The number of nitrogens with one attached hydrogen (secondary N) is 1. The van der Waals surface area contributed by atoms with Crippen LogP contribution in [0.5, 0.6) is 0 Å². The maximum Gasteiger partial charge on any atom is 0.131 e. The Bertz CT molecular complexity index is 657. The summed E-state index contributed by atoms with van der Waals surface area (Å²) in [7, 11) is 0. The molecule has 1 saturated carbocycles. The average Bonchev–Trinajstić information content (AvgIpc) is 3.00. The first-order valence-electron chi connectivity index (χ1n) is 7.40. The van der Waals surface area contributed by atoms with Crippen LogP contribution in [0.15, 0.2) is 18.2 Å². The Morgan fingerprint density at radius 2 is 2.10 bits per heavy atom. The van der Waals surface area contributed by atoms with Gasteiger partial charge in [0.1, 0.15) is 16.6 Å². The van der Waals surface area contributed by atoms with Crippen LogP contribution < -0.4 is 5.32 Å².